The molecule has 0 spiro atoms. The van der Waals surface area contributed by atoms with Crippen LogP contribution in [0.3, 0.4) is 0 Å². The highest BCUT2D eigenvalue weighted by molar-refractivity contribution is 5.77. The summed E-state index contributed by atoms with van der Waals surface area (Å²) < 4.78 is 53.6. The summed E-state index contributed by atoms with van der Waals surface area (Å²) in [5, 5.41) is 13.6. The molecule has 0 amide bonds. The van der Waals surface area contributed by atoms with Crippen molar-refractivity contribution in [1.82, 2.24) is 19.7 Å². The van der Waals surface area contributed by atoms with Crippen molar-refractivity contribution in [3.8, 4) is 0 Å². The minimum atomic E-state index is -4.66. The zero-order valence-electron chi connectivity index (χ0n) is 13.7. The maximum Gasteiger partial charge on any atom is 0.416 e. The van der Waals surface area contributed by atoms with Crippen LogP contribution < -0.4 is 5.56 Å². The summed E-state index contributed by atoms with van der Waals surface area (Å²) in [5.41, 5.74) is -1.50. The van der Waals surface area contributed by atoms with Crippen LogP contribution in [0.15, 0.2) is 23.0 Å². The lowest BCUT2D eigenvalue weighted by atomic mass is 10.0. The van der Waals surface area contributed by atoms with Gasteiger partial charge >= 0.3 is 6.18 Å². The Morgan fingerprint density at radius 2 is 2.04 bits per heavy atom. The van der Waals surface area contributed by atoms with Gasteiger partial charge in [-0.25, -0.2) is 14.1 Å². The third kappa shape index (κ3) is 2.96. The second kappa shape index (κ2) is 6.20. The van der Waals surface area contributed by atoms with Gasteiger partial charge in [-0.3, -0.25) is 4.79 Å². The summed E-state index contributed by atoms with van der Waals surface area (Å²) >= 11 is 0. The number of aryl methyl sites for hydroxylation is 1. The van der Waals surface area contributed by atoms with E-state index in [-0.39, 0.29) is 28.1 Å². The van der Waals surface area contributed by atoms with E-state index in [1.54, 1.807) is 6.92 Å². The molecule has 2 N–H and O–H groups in total. The third-order valence-electron chi connectivity index (χ3n) is 4.05. The van der Waals surface area contributed by atoms with E-state index in [0.29, 0.717) is 6.07 Å². The normalized spacial score (nSPS) is 13.3. The molecule has 0 saturated heterocycles. The number of aromatic nitrogens is 4. The van der Waals surface area contributed by atoms with Gasteiger partial charge in [0.1, 0.15) is 22.7 Å². The molecule has 26 heavy (non-hydrogen) atoms. The number of benzene rings is 1. The standard InChI is InChI=1S/C16H14F4N4O2/c1-7(10-4-3-9(5-11(10)17)16(18,19)20)24-14-13(12(6-25)23-24)15(26)22-8(2)21-14/h3-5,7,25H,6H2,1-2H3,(H,21,22,26)/t7-/m0/s1. The smallest absolute Gasteiger partial charge is 0.390 e. The summed E-state index contributed by atoms with van der Waals surface area (Å²) in [6.45, 7) is 2.51. The molecular formula is C16H14F4N4O2. The van der Waals surface area contributed by atoms with Gasteiger partial charge in [-0.15, -0.1) is 0 Å². The van der Waals surface area contributed by atoms with Crippen LogP contribution in [-0.4, -0.2) is 24.9 Å². The quantitative estimate of drug-likeness (QED) is 0.695. The molecule has 1 atom stereocenters. The molecule has 2 heterocycles. The number of aliphatic hydroxyl groups is 1. The maximum atomic E-state index is 14.3. The average Bonchev–Trinajstić information content (AvgIpc) is 2.92. The van der Waals surface area contributed by atoms with Crippen LogP contribution in [0.25, 0.3) is 11.0 Å². The molecule has 6 nitrogen and oxygen atoms in total. The summed E-state index contributed by atoms with van der Waals surface area (Å²) in [6.07, 6.45) is -4.66. The van der Waals surface area contributed by atoms with Crippen molar-refractivity contribution < 1.29 is 22.7 Å². The first-order valence-corrected chi connectivity index (χ1v) is 7.59. The second-order valence-electron chi connectivity index (χ2n) is 5.81. The molecule has 1 aromatic carbocycles. The van der Waals surface area contributed by atoms with Crippen LogP contribution in [0.4, 0.5) is 17.6 Å². The molecule has 0 saturated carbocycles. The van der Waals surface area contributed by atoms with Gasteiger partial charge in [-0.1, -0.05) is 6.07 Å². The SMILES string of the molecule is Cc1nc2c(c(CO)nn2[C@@H](C)c2ccc(C(F)(F)F)cc2F)c(=O)[nH]1. The number of nitrogens with one attached hydrogen (secondary N) is 1. The summed E-state index contributed by atoms with van der Waals surface area (Å²) in [5.74, 6) is -0.767. The van der Waals surface area contributed by atoms with Crippen molar-refractivity contribution in [2.45, 2.75) is 32.7 Å². The van der Waals surface area contributed by atoms with Crippen molar-refractivity contribution in [2.75, 3.05) is 0 Å². The number of halogens is 4. The van der Waals surface area contributed by atoms with E-state index in [0.717, 1.165) is 12.1 Å². The Balaban J connectivity index is 2.17. The first-order valence-electron chi connectivity index (χ1n) is 7.59. The Bertz CT molecular complexity index is 1040. The number of alkyl halides is 3. The Hall–Kier alpha value is -2.75. The number of hydrogen-bond donors (Lipinski definition) is 2. The van der Waals surface area contributed by atoms with E-state index in [9.17, 15) is 27.5 Å². The molecule has 2 aromatic heterocycles. The van der Waals surface area contributed by atoms with Gasteiger partial charge in [-0.2, -0.15) is 18.3 Å². The van der Waals surface area contributed by atoms with E-state index in [4.69, 9.17) is 0 Å². The zero-order chi connectivity index (χ0) is 19.2. The number of hydrogen-bond acceptors (Lipinski definition) is 4. The van der Waals surface area contributed by atoms with Crippen molar-refractivity contribution in [3.05, 3.63) is 57.0 Å². The first-order chi connectivity index (χ1) is 12.1. The average molecular weight is 370 g/mol. The molecule has 0 aliphatic heterocycles. The number of aliphatic hydroxyl groups excluding tert-OH is 1. The molecule has 0 unspecified atom stereocenters. The fourth-order valence-electron chi connectivity index (χ4n) is 2.78. The van der Waals surface area contributed by atoms with Gasteiger partial charge in [0, 0.05) is 5.56 Å². The van der Waals surface area contributed by atoms with Gasteiger partial charge in [-0.05, 0) is 26.0 Å². The summed E-state index contributed by atoms with van der Waals surface area (Å²) in [6, 6.07) is 1.36. The number of rotatable bonds is 3. The van der Waals surface area contributed by atoms with Gasteiger partial charge in [0.15, 0.2) is 5.65 Å². The lowest BCUT2D eigenvalue weighted by Crippen LogP contribution is -2.15. The van der Waals surface area contributed by atoms with E-state index in [1.807, 2.05) is 0 Å². The molecule has 10 heteroatoms. The van der Waals surface area contributed by atoms with E-state index < -0.39 is 35.8 Å². The van der Waals surface area contributed by atoms with Gasteiger partial charge in [0.25, 0.3) is 5.56 Å². The lowest BCUT2D eigenvalue weighted by molar-refractivity contribution is -0.137. The Morgan fingerprint density at radius 3 is 2.62 bits per heavy atom. The maximum absolute atomic E-state index is 14.3. The van der Waals surface area contributed by atoms with Crippen LogP contribution in [0.2, 0.25) is 0 Å². The summed E-state index contributed by atoms with van der Waals surface area (Å²) in [4.78, 5) is 18.8. The first kappa shape index (κ1) is 18.1. The molecule has 3 aromatic rings. The lowest BCUT2D eigenvalue weighted by Gasteiger charge is -2.16. The fraction of sp³-hybridized carbons (Fsp3) is 0.312. The zero-order valence-corrected chi connectivity index (χ0v) is 13.7. The Morgan fingerprint density at radius 1 is 1.35 bits per heavy atom. The highest BCUT2D eigenvalue weighted by Gasteiger charge is 2.32. The number of aromatic amines is 1. The molecule has 0 aliphatic carbocycles. The van der Waals surface area contributed by atoms with Crippen molar-refractivity contribution in [2.24, 2.45) is 0 Å². The topological polar surface area (TPSA) is 83.8 Å². The molecule has 0 fully saturated rings. The second-order valence-corrected chi connectivity index (χ2v) is 5.81. The minimum Gasteiger partial charge on any atom is -0.390 e. The molecule has 0 aliphatic rings. The highest BCUT2D eigenvalue weighted by atomic mass is 19.4. The minimum absolute atomic E-state index is 0.0490. The molecular weight excluding hydrogens is 356 g/mol. The predicted octanol–water partition coefficient (Wildman–Crippen LogP) is 2.69. The van der Waals surface area contributed by atoms with E-state index in [1.165, 1.54) is 11.6 Å². The van der Waals surface area contributed by atoms with Crippen LogP contribution >= 0.6 is 0 Å². The van der Waals surface area contributed by atoms with Crippen molar-refractivity contribution >= 4 is 11.0 Å². The van der Waals surface area contributed by atoms with Crippen LogP contribution in [0.5, 0.6) is 0 Å². The van der Waals surface area contributed by atoms with E-state index >= 15 is 0 Å². The summed E-state index contributed by atoms with van der Waals surface area (Å²) in [7, 11) is 0. The number of nitrogens with zero attached hydrogens (tertiary/aromatic N) is 3. The third-order valence-corrected chi connectivity index (χ3v) is 4.05. The van der Waals surface area contributed by atoms with Crippen LogP contribution in [0, 0.1) is 12.7 Å². The van der Waals surface area contributed by atoms with Crippen LogP contribution in [-0.2, 0) is 12.8 Å². The molecule has 0 bridgehead atoms. The van der Waals surface area contributed by atoms with Gasteiger partial charge < -0.3 is 10.1 Å². The van der Waals surface area contributed by atoms with Gasteiger partial charge in [0.2, 0.25) is 0 Å². The van der Waals surface area contributed by atoms with Crippen molar-refractivity contribution in [1.29, 1.82) is 0 Å². The predicted molar refractivity (Wildman–Crippen MR) is 84.0 cm³/mol. The number of H-pyrrole nitrogens is 1. The largest absolute Gasteiger partial charge is 0.416 e. The number of fused-ring (bicyclic) bond motifs is 1. The Labute approximate surface area is 144 Å². The fourth-order valence-corrected chi connectivity index (χ4v) is 2.78. The molecule has 138 valence electrons. The molecule has 3 rings (SSSR count). The highest BCUT2D eigenvalue weighted by Crippen LogP contribution is 2.32. The monoisotopic (exact) mass is 370 g/mol. The Kier molecular flexibility index (Phi) is 4.31. The van der Waals surface area contributed by atoms with Crippen molar-refractivity contribution in [3.63, 3.8) is 0 Å². The van der Waals surface area contributed by atoms with Gasteiger partial charge in [0.05, 0.1) is 18.2 Å². The van der Waals surface area contributed by atoms with Crippen LogP contribution in [0.1, 0.15) is 35.6 Å². The molecule has 0 radical (unpaired) electrons. The van der Waals surface area contributed by atoms with E-state index in [2.05, 4.69) is 15.1 Å².